The average Bonchev–Trinajstić information content (AvgIpc) is 3.40. The van der Waals surface area contributed by atoms with Crippen molar-refractivity contribution in [3.05, 3.63) is 36.9 Å². The van der Waals surface area contributed by atoms with Gasteiger partial charge >= 0.3 is 0 Å². The number of aromatic nitrogens is 5. The molecular weight excluding hydrogens is 368 g/mol. The lowest BCUT2D eigenvalue weighted by Gasteiger charge is -2.28. The highest BCUT2D eigenvalue weighted by molar-refractivity contribution is 5.97. The van der Waals surface area contributed by atoms with E-state index in [0.29, 0.717) is 24.0 Å². The normalized spacial score (nSPS) is 19.7. The number of anilines is 1. The molecule has 1 saturated carbocycles. The Kier molecular flexibility index (Phi) is 4.55. The predicted molar refractivity (Wildman–Crippen MR) is 111 cm³/mol. The number of nitrogens with zero attached hydrogens (tertiary/aromatic N) is 4. The van der Waals surface area contributed by atoms with E-state index < -0.39 is 0 Å². The van der Waals surface area contributed by atoms with E-state index in [0.717, 1.165) is 53.5 Å². The minimum atomic E-state index is 0.349. The monoisotopic (exact) mass is 392 g/mol. The number of rotatable bonds is 5. The first-order chi connectivity index (χ1) is 14.2. The highest BCUT2D eigenvalue weighted by Gasteiger charge is 2.22. The number of nitrogens with one attached hydrogen (secondary N) is 2. The van der Waals surface area contributed by atoms with Gasteiger partial charge in [-0.25, -0.2) is 4.98 Å². The molecule has 2 N–H and O–H groups in total. The van der Waals surface area contributed by atoms with E-state index in [-0.39, 0.29) is 0 Å². The maximum absolute atomic E-state index is 5.63. The largest absolute Gasteiger partial charge is 0.480 e. The molecule has 8 nitrogen and oxygen atoms in total. The van der Waals surface area contributed by atoms with Crippen molar-refractivity contribution in [2.45, 2.75) is 37.8 Å². The highest BCUT2D eigenvalue weighted by Crippen LogP contribution is 2.34. The number of methoxy groups -OCH3 is 2. The summed E-state index contributed by atoms with van der Waals surface area (Å²) in [5.74, 6) is 1.15. The Bertz CT molecular complexity index is 1140. The van der Waals surface area contributed by atoms with Crippen molar-refractivity contribution in [1.82, 2.24) is 24.3 Å². The Labute approximate surface area is 168 Å². The van der Waals surface area contributed by atoms with Gasteiger partial charge in [-0.2, -0.15) is 9.97 Å². The van der Waals surface area contributed by atoms with Crippen LogP contribution in [-0.4, -0.2) is 50.7 Å². The predicted octanol–water partition coefficient (Wildman–Crippen LogP) is 3.65. The van der Waals surface area contributed by atoms with E-state index in [4.69, 9.17) is 14.5 Å². The zero-order valence-corrected chi connectivity index (χ0v) is 16.6. The zero-order valence-electron chi connectivity index (χ0n) is 16.6. The maximum atomic E-state index is 5.63. The van der Waals surface area contributed by atoms with Crippen LogP contribution in [0.2, 0.25) is 0 Å². The Morgan fingerprint density at radius 3 is 2.79 bits per heavy atom. The van der Waals surface area contributed by atoms with Crippen LogP contribution in [0.5, 0.6) is 5.88 Å². The van der Waals surface area contributed by atoms with Gasteiger partial charge in [0, 0.05) is 49.1 Å². The third-order valence-corrected chi connectivity index (χ3v) is 5.73. The molecule has 4 aromatic heterocycles. The summed E-state index contributed by atoms with van der Waals surface area (Å²) < 4.78 is 13.1. The van der Waals surface area contributed by atoms with Gasteiger partial charge in [-0.15, -0.1) is 0 Å². The molecule has 150 valence electrons. The number of H-pyrrole nitrogens is 1. The van der Waals surface area contributed by atoms with Gasteiger partial charge in [0.1, 0.15) is 11.3 Å². The highest BCUT2D eigenvalue weighted by atomic mass is 16.5. The van der Waals surface area contributed by atoms with Crippen LogP contribution in [0.25, 0.3) is 27.8 Å². The summed E-state index contributed by atoms with van der Waals surface area (Å²) in [6, 6.07) is 4.39. The van der Waals surface area contributed by atoms with E-state index in [1.165, 1.54) is 0 Å². The van der Waals surface area contributed by atoms with E-state index in [2.05, 4.69) is 20.3 Å². The fourth-order valence-corrected chi connectivity index (χ4v) is 4.14. The first kappa shape index (κ1) is 17.9. The summed E-state index contributed by atoms with van der Waals surface area (Å²) in [5.41, 5.74) is 3.71. The number of pyridine rings is 1. The Morgan fingerprint density at radius 1 is 1.14 bits per heavy atom. The first-order valence-corrected chi connectivity index (χ1v) is 9.90. The van der Waals surface area contributed by atoms with Crippen molar-refractivity contribution in [3.8, 4) is 17.0 Å². The van der Waals surface area contributed by atoms with Gasteiger partial charge in [0.25, 0.3) is 0 Å². The summed E-state index contributed by atoms with van der Waals surface area (Å²) in [5, 5.41) is 4.35. The number of ether oxygens (including phenoxy) is 2. The van der Waals surface area contributed by atoms with Gasteiger partial charge in [0.15, 0.2) is 0 Å². The number of hydrogen-bond donors (Lipinski definition) is 2. The van der Waals surface area contributed by atoms with E-state index in [1.54, 1.807) is 20.4 Å². The number of fused-ring (bicyclic) bond motifs is 2. The second kappa shape index (κ2) is 7.36. The molecule has 0 unspecified atom stereocenters. The van der Waals surface area contributed by atoms with Crippen LogP contribution in [0.3, 0.4) is 0 Å². The third kappa shape index (κ3) is 3.29. The molecule has 0 bridgehead atoms. The summed E-state index contributed by atoms with van der Waals surface area (Å²) in [7, 11) is 3.43. The van der Waals surface area contributed by atoms with Gasteiger partial charge in [-0.3, -0.25) is 0 Å². The first-order valence-electron chi connectivity index (χ1n) is 9.90. The molecule has 0 aliphatic heterocycles. The van der Waals surface area contributed by atoms with Crippen molar-refractivity contribution in [2.24, 2.45) is 0 Å². The lowest BCUT2D eigenvalue weighted by Crippen LogP contribution is -2.29. The van der Waals surface area contributed by atoms with Crippen molar-refractivity contribution >= 4 is 22.6 Å². The van der Waals surface area contributed by atoms with Crippen molar-refractivity contribution in [1.29, 1.82) is 0 Å². The Morgan fingerprint density at radius 2 is 2.00 bits per heavy atom. The number of hydrogen-bond acceptors (Lipinski definition) is 6. The summed E-state index contributed by atoms with van der Waals surface area (Å²) in [6.45, 7) is 0. The molecule has 0 radical (unpaired) electrons. The second-order valence-electron chi connectivity index (χ2n) is 7.45. The average molecular weight is 392 g/mol. The van der Waals surface area contributed by atoms with Crippen molar-refractivity contribution < 1.29 is 9.47 Å². The van der Waals surface area contributed by atoms with Crippen LogP contribution in [0.15, 0.2) is 36.9 Å². The molecule has 0 amide bonds. The smallest absolute Gasteiger partial charge is 0.228 e. The lowest BCUT2D eigenvalue weighted by molar-refractivity contribution is 0.0681. The van der Waals surface area contributed by atoms with E-state index >= 15 is 0 Å². The molecule has 0 atom stereocenters. The van der Waals surface area contributed by atoms with E-state index in [9.17, 15) is 0 Å². The van der Waals surface area contributed by atoms with Gasteiger partial charge in [0.2, 0.25) is 11.8 Å². The molecule has 4 heterocycles. The van der Waals surface area contributed by atoms with Crippen LogP contribution in [0, 0.1) is 0 Å². The standard InChI is InChI=1S/C21H24N6O2/c1-28-15-6-4-14(5-7-15)24-21-25-19-18(20(26-21)29-2)16(11-23-19)13-3-8-17-22-9-10-27(17)12-13/h3,8-12,14-15H,4-7H2,1-2H3,(H2,23,24,25,26)/t14-,15+. The van der Waals surface area contributed by atoms with Crippen molar-refractivity contribution in [3.63, 3.8) is 0 Å². The molecule has 1 aliphatic rings. The van der Waals surface area contributed by atoms with Crippen LogP contribution < -0.4 is 10.1 Å². The number of aromatic amines is 1. The molecule has 1 aliphatic carbocycles. The zero-order chi connectivity index (χ0) is 19.8. The SMILES string of the molecule is COc1nc(N[C@H]2CC[C@@H](OC)CC2)nc2[nH]cc(-c3ccc4nccn4c3)c12. The van der Waals surface area contributed by atoms with Gasteiger partial charge in [0.05, 0.1) is 18.6 Å². The van der Waals surface area contributed by atoms with Gasteiger partial charge in [-0.1, -0.05) is 0 Å². The molecule has 0 saturated heterocycles. The van der Waals surface area contributed by atoms with E-state index in [1.807, 2.05) is 35.1 Å². The van der Waals surface area contributed by atoms with Gasteiger partial charge < -0.3 is 24.2 Å². The summed E-state index contributed by atoms with van der Waals surface area (Å²) in [4.78, 5) is 16.9. The molecule has 0 spiro atoms. The minimum absolute atomic E-state index is 0.349. The fraction of sp³-hybridized carbons (Fsp3) is 0.381. The molecule has 29 heavy (non-hydrogen) atoms. The molecule has 8 heteroatoms. The molecule has 4 aromatic rings. The van der Waals surface area contributed by atoms with Crippen LogP contribution in [0.4, 0.5) is 5.95 Å². The fourth-order valence-electron chi connectivity index (χ4n) is 4.14. The lowest BCUT2D eigenvalue weighted by atomic mass is 9.93. The minimum Gasteiger partial charge on any atom is -0.480 e. The molecular formula is C21H24N6O2. The van der Waals surface area contributed by atoms with Crippen LogP contribution in [0.1, 0.15) is 25.7 Å². The quantitative estimate of drug-likeness (QED) is 0.539. The summed E-state index contributed by atoms with van der Waals surface area (Å²) in [6.07, 6.45) is 12.3. The Hall–Kier alpha value is -3.13. The van der Waals surface area contributed by atoms with Crippen LogP contribution in [-0.2, 0) is 4.74 Å². The maximum Gasteiger partial charge on any atom is 0.228 e. The van der Waals surface area contributed by atoms with Gasteiger partial charge in [-0.05, 0) is 37.8 Å². The molecule has 5 rings (SSSR count). The third-order valence-electron chi connectivity index (χ3n) is 5.73. The number of imidazole rings is 1. The summed E-state index contributed by atoms with van der Waals surface area (Å²) >= 11 is 0. The molecule has 1 fully saturated rings. The van der Waals surface area contributed by atoms with Crippen molar-refractivity contribution in [2.75, 3.05) is 19.5 Å². The second-order valence-corrected chi connectivity index (χ2v) is 7.45. The Balaban J connectivity index is 1.47. The topological polar surface area (TPSA) is 89.4 Å². The molecule has 0 aromatic carbocycles. The van der Waals surface area contributed by atoms with Crippen LogP contribution >= 0.6 is 0 Å².